The van der Waals surface area contributed by atoms with Crippen LogP contribution in [-0.2, 0) is 7.05 Å². The number of anilines is 1. The average Bonchev–Trinajstić information content (AvgIpc) is 2.87. The maximum absolute atomic E-state index is 4.57. The molecule has 0 spiro atoms. The highest BCUT2D eigenvalue weighted by Gasteiger charge is 2.09. The largest absolute Gasteiger partial charge is 0.347 e. The number of fused-ring (bicyclic) bond motifs is 2. The fourth-order valence-electron chi connectivity index (χ4n) is 3.00. The lowest BCUT2D eigenvalue weighted by Gasteiger charge is -2.02. The van der Waals surface area contributed by atoms with Crippen molar-refractivity contribution < 1.29 is 0 Å². The number of rotatable bonds is 3. The molecule has 0 fully saturated rings. The molecule has 4 nitrogen and oxygen atoms in total. The van der Waals surface area contributed by atoms with E-state index < -0.39 is 0 Å². The van der Waals surface area contributed by atoms with Crippen LogP contribution >= 0.6 is 0 Å². The van der Waals surface area contributed by atoms with Crippen LogP contribution in [0.3, 0.4) is 0 Å². The summed E-state index contributed by atoms with van der Waals surface area (Å²) in [6, 6.07) is 20.4. The smallest absolute Gasteiger partial charge is 0.146 e. The van der Waals surface area contributed by atoms with Gasteiger partial charge >= 0.3 is 0 Å². The number of benzene rings is 2. The molecule has 0 aliphatic rings. The standard InChI is InChI=1S/C20H18N4/c1-14-17(16-8-4-6-10-19(16)24(14)2)13-21-23-20-12-11-15-7-3-5-9-18(15)22-20/h3-13H,1-2H3,(H,22,23)/b21-13+. The van der Waals surface area contributed by atoms with Crippen LogP contribution in [0.2, 0.25) is 0 Å². The van der Waals surface area contributed by atoms with Crippen LogP contribution in [0.5, 0.6) is 0 Å². The number of hydrazone groups is 1. The molecule has 0 saturated carbocycles. The van der Waals surface area contributed by atoms with Crippen LogP contribution in [0.1, 0.15) is 11.3 Å². The van der Waals surface area contributed by atoms with Gasteiger partial charge in [0, 0.05) is 34.6 Å². The van der Waals surface area contributed by atoms with E-state index in [4.69, 9.17) is 0 Å². The molecule has 1 N–H and O–H groups in total. The molecule has 0 unspecified atom stereocenters. The number of para-hydroxylation sites is 2. The molecule has 0 amide bonds. The van der Waals surface area contributed by atoms with E-state index in [1.165, 1.54) is 16.6 Å². The molecule has 0 saturated heterocycles. The van der Waals surface area contributed by atoms with Crippen molar-refractivity contribution >= 4 is 33.8 Å². The van der Waals surface area contributed by atoms with E-state index in [0.29, 0.717) is 0 Å². The minimum atomic E-state index is 0.739. The highest BCUT2D eigenvalue weighted by atomic mass is 15.3. The Balaban J connectivity index is 1.64. The minimum absolute atomic E-state index is 0.739. The zero-order valence-corrected chi connectivity index (χ0v) is 13.7. The van der Waals surface area contributed by atoms with Crippen molar-refractivity contribution in [2.24, 2.45) is 12.1 Å². The van der Waals surface area contributed by atoms with E-state index in [2.05, 4.69) is 64.4 Å². The van der Waals surface area contributed by atoms with Crippen molar-refractivity contribution in [2.75, 3.05) is 5.43 Å². The van der Waals surface area contributed by atoms with Gasteiger partial charge in [0.25, 0.3) is 0 Å². The molecular weight excluding hydrogens is 296 g/mol. The molecule has 0 atom stereocenters. The number of nitrogens with one attached hydrogen (secondary N) is 1. The van der Waals surface area contributed by atoms with Crippen molar-refractivity contribution in [1.82, 2.24) is 9.55 Å². The number of hydrogen-bond acceptors (Lipinski definition) is 3. The zero-order valence-electron chi connectivity index (χ0n) is 13.7. The van der Waals surface area contributed by atoms with E-state index in [1.54, 1.807) is 0 Å². The molecule has 2 heterocycles. The maximum atomic E-state index is 4.57. The van der Waals surface area contributed by atoms with Gasteiger partial charge in [-0.15, -0.1) is 0 Å². The van der Waals surface area contributed by atoms with Gasteiger partial charge in [0.15, 0.2) is 0 Å². The molecule has 2 aromatic heterocycles. The van der Waals surface area contributed by atoms with E-state index in [-0.39, 0.29) is 0 Å². The quantitative estimate of drug-likeness (QED) is 0.447. The predicted molar refractivity (Wildman–Crippen MR) is 101 cm³/mol. The summed E-state index contributed by atoms with van der Waals surface area (Å²) in [5.74, 6) is 0.739. The highest BCUT2D eigenvalue weighted by molar-refractivity contribution is 6.01. The van der Waals surface area contributed by atoms with Crippen molar-refractivity contribution in [3.05, 3.63) is 71.9 Å². The molecule has 2 aromatic carbocycles. The van der Waals surface area contributed by atoms with Gasteiger partial charge in [-0.3, -0.25) is 5.43 Å². The number of pyridine rings is 1. The van der Waals surface area contributed by atoms with Crippen LogP contribution in [0.4, 0.5) is 5.82 Å². The number of aryl methyl sites for hydroxylation is 1. The molecule has 4 aromatic rings. The Bertz CT molecular complexity index is 1060. The third kappa shape index (κ3) is 2.42. The zero-order chi connectivity index (χ0) is 16.5. The third-order valence-corrected chi connectivity index (χ3v) is 4.42. The first kappa shape index (κ1) is 14.5. The summed E-state index contributed by atoms with van der Waals surface area (Å²) in [5.41, 5.74) is 7.52. The lowest BCUT2D eigenvalue weighted by atomic mass is 10.1. The summed E-state index contributed by atoms with van der Waals surface area (Å²) in [6.07, 6.45) is 1.87. The van der Waals surface area contributed by atoms with E-state index in [1.807, 2.05) is 36.5 Å². The molecule has 4 rings (SSSR count). The number of hydrogen-bond donors (Lipinski definition) is 1. The Labute approximate surface area is 140 Å². The topological polar surface area (TPSA) is 42.2 Å². The first-order chi connectivity index (χ1) is 11.7. The lowest BCUT2D eigenvalue weighted by molar-refractivity contribution is 0.916. The number of nitrogens with zero attached hydrogens (tertiary/aromatic N) is 3. The number of aromatic nitrogens is 2. The van der Waals surface area contributed by atoms with Gasteiger partial charge in [-0.2, -0.15) is 5.10 Å². The van der Waals surface area contributed by atoms with Crippen molar-refractivity contribution in [3.63, 3.8) is 0 Å². The summed E-state index contributed by atoms with van der Waals surface area (Å²) in [7, 11) is 2.08. The summed E-state index contributed by atoms with van der Waals surface area (Å²) >= 11 is 0. The Morgan fingerprint density at radius 1 is 1.00 bits per heavy atom. The molecule has 0 radical (unpaired) electrons. The normalized spacial score (nSPS) is 11.6. The summed E-state index contributed by atoms with van der Waals surface area (Å²) in [4.78, 5) is 4.57. The summed E-state index contributed by atoms with van der Waals surface area (Å²) < 4.78 is 2.19. The molecule has 0 bridgehead atoms. The van der Waals surface area contributed by atoms with Gasteiger partial charge in [0.1, 0.15) is 5.82 Å². The molecule has 24 heavy (non-hydrogen) atoms. The van der Waals surface area contributed by atoms with Crippen molar-refractivity contribution in [1.29, 1.82) is 0 Å². The fourth-order valence-corrected chi connectivity index (χ4v) is 3.00. The van der Waals surface area contributed by atoms with E-state index in [9.17, 15) is 0 Å². The Morgan fingerprint density at radius 3 is 2.71 bits per heavy atom. The van der Waals surface area contributed by atoms with Gasteiger partial charge in [-0.1, -0.05) is 36.4 Å². The van der Waals surface area contributed by atoms with Gasteiger partial charge in [0.2, 0.25) is 0 Å². The predicted octanol–water partition coefficient (Wildman–Crippen LogP) is 4.48. The van der Waals surface area contributed by atoms with Crippen LogP contribution in [0.15, 0.2) is 65.8 Å². The first-order valence-electron chi connectivity index (χ1n) is 7.93. The fraction of sp³-hybridized carbons (Fsp3) is 0.100. The molecule has 4 heteroatoms. The van der Waals surface area contributed by atoms with Gasteiger partial charge < -0.3 is 4.57 Å². The summed E-state index contributed by atoms with van der Waals surface area (Å²) in [5, 5.41) is 6.72. The van der Waals surface area contributed by atoms with Gasteiger partial charge in [-0.25, -0.2) is 4.98 Å². The monoisotopic (exact) mass is 314 g/mol. The van der Waals surface area contributed by atoms with Crippen LogP contribution < -0.4 is 5.43 Å². The highest BCUT2D eigenvalue weighted by Crippen LogP contribution is 2.23. The maximum Gasteiger partial charge on any atom is 0.146 e. The third-order valence-electron chi connectivity index (χ3n) is 4.42. The second-order valence-electron chi connectivity index (χ2n) is 5.83. The van der Waals surface area contributed by atoms with Gasteiger partial charge in [-0.05, 0) is 31.2 Å². The van der Waals surface area contributed by atoms with Crippen molar-refractivity contribution in [3.8, 4) is 0 Å². The molecule has 118 valence electrons. The SMILES string of the molecule is Cc1c(/C=N/Nc2ccc3ccccc3n2)c2ccccc2n1C. The average molecular weight is 314 g/mol. The molecular formula is C20H18N4. The first-order valence-corrected chi connectivity index (χ1v) is 7.93. The Kier molecular flexibility index (Phi) is 3.50. The van der Waals surface area contributed by atoms with E-state index >= 15 is 0 Å². The van der Waals surface area contributed by atoms with Crippen LogP contribution in [0, 0.1) is 6.92 Å². The Hall–Kier alpha value is -3.14. The van der Waals surface area contributed by atoms with Gasteiger partial charge in [0.05, 0.1) is 11.7 Å². The molecule has 0 aliphatic heterocycles. The van der Waals surface area contributed by atoms with Crippen molar-refractivity contribution in [2.45, 2.75) is 6.92 Å². The summed E-state index contributed by atoms with van der Waals surface area (Å²) in [6.45, 7) is 2.11. The Morgan fingerprint density at radius 2 is 1.79 bits per heavy atom. The molecule has 0 aliphatic carbocycles. The second kappa shape index (κ2) is 5.81. The van der Waals surface area contributed by atoms with E-state index in [0.717, 1.165) is 22.3 Å². The van der Waals surface area contributed by atoms with Crippen LogP contribution in [-0.4, -0.2) is 15.8 Å². The lowest BCUT2D eigenvalue weighted by Crippen LogP contribution is -1.95. The van der Waals surface area contributed by atoms with Crippen LogP contribution in [0.25, 0.3) is 21.8 Å². The second-order valence-corrected chi connectivity index (χ2v) is 5.83. The minimum Gasteiger partial charge on any atom is -0.347 e.